The monoisotopic (exact) mass is 227 g/mol. The third kappa shape index (κ3) is 2.08. The number of carbonyl (C=O) groups excluding carboxylic acids is 1. The fourth-order valence-corrected chi connectivity index (χ4v) is 1.21. The molecule has 1 amide bonds. The fraction of sp³-hybridized carbons (Fsp3) is 0.222. The standard InChI is InChI=1S/C9H10BrNO/c1-6-4-3-5-8(7(6)2)11-9(10)12/h3-5H,1-2H3,(H,11,12). The van der Waals surface area contributed by atoms with Crippen LogP contribution in [0.1, 0.15) is 11.1 Å². The van der Waals surface area contributed by atoms with E-state index in [0.29, 0.717) is 0 Å². The first-order chi connectivity index (χ1) is 5.61. The molecule has 1 rings (SSSR count). The van der Waals surface area contributed by atoms with Gasteiger partial charge in [-0.15, -0.1) is 0 Å². The van der Waals surface area contributed by atoms with E-state index in [-0.39, 0.29) is 4.82 Å². The van der Waals surface area contributed by atoms with E-state index in [0.717, 1.165) is 11.3 Å². The average Bonchev–Trinajstić information content (AvgIpc) is 1.98. The zero-order chi connectivity index (χ0) is 9.14. The average molecular weight is 228 g/mol. The van der Waals surface area contributed by atoms with E-state index in [1.807, 2.05) is 32.0 Å². The number of benzene rings is 1. The van der Waals surface area contributed by atoms with Crippen LogP contribution >= 0.6 is 15.9 Å². The van der Waals surface area contributed by atoms with E-state index in [1.165, 1.54) is 5.56 Å². The molecule has 12 heavy (non-hydrogen) atoms. The second-order valence-electron chi connectivity index (χ2n) is 2.65. The minimum atomic E-state index is -0.212. The Labute approximate surface area is 80.1 Å². The van der Waals surface area contributed by atoms with Crippen LogP contribution in [0.4, 0.5) is 10.5 Å². The molecule has 0 heterocycles. The Morgan fingerprint density at radius 2 is 2.08 bits per heavy atom. The summed E-state index contributed by atoms with van der Waals surface area (Å²) in [7, 11) is 0. The van der Waals surface area contributed by atoms with Gasteiger partial charge in [-0.3, -0.25) is 4.79 Å². The smallest absolute Gasteiger partial charge is 0.291 e. The quantitative estimate of drug-likeness (QED) is 0.580. The van der Waals surface area contributed by atoms with Crippen LogP contribution in [0, 0.1) is 13.8 Å². The summed E-state index contributed by atoms with van der Waals surface area (Å²) in [5.74, 6) is 0. The minimum absolute atomic E-state index is 0.212. The Morgan fingerprint density at radius 3 is 2.67 bits per heavy atom. The summed E-state index contributed by atoms with van der Waals surface area (Å²) in [4.78, 5) is 10.5. The van der Waals surface area contributed by atoms with Gasteiger partial charge in [-0.05, 0) is 31.0 Å². The Hall–Kier alpha value is -0.830. The number of aryl methyl sites for hydroxylation is 1. The van der Waals surface area contributed by atoms with Gasteiger partial charge in [-0.2, -0.15) is 0 Å². The molecular formula is C9H10BrNO. The predicted molar refractivity (Wildman–Crippen MR) is 53.9 cm³/mol. The summed E-state index contributed by atoms with van der Waals surface area (Å²) in [5, 5.41) is 2.69. The van der Waals surface area contributed by atoms with E-state index in [1.54, 1.807) is 0 Å². The number of carbonyl (C=O) groups is 1. The summed E-state index contributed by atoms with van der Waals surface area (Å²) in [6, 6.07) is 5.81. The van der Waals surface area contributed by atoms with Gasteiger partial charge in [0.15, 0.2) is 0 Å². The molecule has 0 bridgehead atoms. The molecule has 0 fully saturated rings. The predicted octanol–water partition coefficient (Wildman–Crippen LogP) is 3.23. The highest BCUT2D eigenvalue weighted by Crippen LogP contribution is 2.18. The van der Waals surface area contributed by atoms with Crippen LogP contribution in [-0.4, -0.2) is 4.82 Å². The maximum absolute atomic E-state index is 10.7. The van der Waals surface area contributed by atoms with E-state index >= 15 is 0 Å². The third-order valence-electron chi connectivity index (χ3n) is 1.84. The fourth-order valence-electron chi connectivity index (χ4n) is 0.992. The normalized spacial score (nSPS) is 9.58. The zero-order valence-corrected chi connectivity index (χ0v) is 8.60. The lowest BCUT2D eigenvalue weighted by Crippen LogP contribution is -2.02. The number of hydrogen-bond donors (Lipinski definition) is 1. The van der Waals surface area contributed by atoms with Gasteiger partial charge in [-0.1, -0.05) is 12.1 Å². The zero-order valence-electron chi connectivity index (χ0n) is 7.02. The van der Waals surface area contributed by atoms with Crippen molar-refractivity contribution in [3.63, 3.8) is 0 Å². The molecule has 0 saturated carbocycles. The highest BCUT2D eigenvalue weighted by Gasteiger charge is 2.01. The van der Waals surface area contributed by atoms with Gasteiger partial charge in [0.05, 0.1) is 0 Å². The molecule has 0 atom stereocenters. The summed E-state index contributed by atoms with van der Waals surface area (Å²) in [5.41, 5.74) is 3.14. The maximum atomic E-state index is 10.7. The van der Waals surface area contributed by atoms with Gasteiger partial charge in [0.25, 0.3) is 4.82 Å². The second-order valence-corrected chi connectivity index (χ2v) is 3.37. The molecule has 64 valence electrons. The second kappa shape index (κ2) is 3.72. The van der Waals surface area contributed by atoms with Crippen molar-refractivity contribution in [2.75, 3.05) is 5.32 Å². The van der Waals surface area contributed by atoms with E-state index in [9.17, 15) is 4.79 Å². The molecule has 3 heteroatoms. The topological polar surface area (TPSA) is 29.1 Å². The molecule has 0 aromatic heterocycles. The highest BCUT2D eigenvalue weighted by atomic mass is 79.9. The lowest BCUT2D eigenvalue weighted by Gasteiger charge is -2.07. The molecule has 0 unspecified atom stereocenters. The number of hydrogen-bond acceptors (Lipinski definition) is 1. The van der Waals surface area contributed by atoms with Crippen LogP contribution in [0.25, 0.3) is 0 Å². The molecule has 0 aliphatic heterocycles. The summed E-state index contributed by atoms with van der Waals surface area (Å²) in [6.45, 7) is 3.99. The maximum Gasteiger partial charge on any atom is 0.291 e. The van der Waals surface area contributed by atoms with Crippen LogP contribution in [0.15, 0.2) is 18.2 Å². The largest absolute Gasteiger partial charge is 0.316 e. The van der Waals surface area contributed by atoms with Crippen LogP contribution in [0.3, 0.4) is 0 Å². The molecule has 0 spiro atoms. The van der Waals surface area contributed by atoms with Crippen LogP contribution in [-0.2, 0) is 0 Å². The van der Waals surface area contributed by atoms with Crippen molar-refractivity contribution in [2.45, 2.75) is 13.8 Å². The van der Waals surface area contributed by atoms with Crippen molar-refractivity contribution < 1.29 is 4.79 Å². The van der Waals surface area contributed by atoms with E-state index in [4.69, 9.17) is 0 Å². The molecule has 1 aromatic carbocycles. The number of rotatable bonds is 1. The molecule has 0 aliphatic carbocycles. The van der Waals surface area contributed by atoms with Crippen molar-refractivity contribution in [2.24, 2.45) is 0 Å². The lowest BCUT2D eigenvalue weighted by molar-refractivity contribution is 0.270. The minimum Gasteiger partial charge on any atom is -0.316 e. The molecule has 0 aliphatic rings. The first kappa shape index (κ1) is 9.26. The van der Waals surface area contributed by atoms with Gasteiger partial charge >= 0.3 is 0 Å². The molecule has 2 nitrogen and oxygen atoms in total. The highest BCUT2D eigenvalue weighted by molar-refractivity contribution is 9.18. The Kier molecular flexibility index (Phi) is 2.87. The van der Waals surface area contributed by atoms with Crippen molar-refractivity contribution in [1.82, 2.24) is 0 Å². The number of nitrogens with one attached hydrogen (secondary N) is 1. The summed E-state index contributed by atoms with van der Waals surface area (Å²) < 4.78 is 0. The van der Waals surface area contributed by atoms with Gasteiger partial charge in [0, 0.05) is 21.6 Å². The van der Waals surface area contributed by atoms with Crippen molar-refractivity contribution in [1.29, 1.82) is 0 Å². The summed E-state index contributed by atoms with van der Waals surface area (Å²) in [6.07, 6.45) is 0. The first-order valence-electron chi connectivity index (χ1n) is 3.64. The van der Waals surface area contributed by atoms with Crippen LogP contribution < -0.4 is 5.32 Å². The number of halogens is 1. The third-order valence-corrected chi connectivity index (χ3v) is 2.04. The molecular weight excluding hydrogens is 218 g/mol. The lowest BCUT2D eigenvalue weighted by atomic mass is 10.1. The molecule has 1 N–H and O–H groups in total. The van der Waals surface area contributed by atoms with Crippen LogP contribution in [0.2, 0.25) is 0 Å². The van der Waals surface area contributed by atoms with E-state index in [2.05, 4.69) is 21.2 Å². The van der Waals surface area contributed by atoms with Crippen molar-refractivity contribution in [3.05, 3.63) is 29.3 Å². The van der Waals surface area contributed by atoms with Crippen molar-refractivity contribution in [3.8, 4) is 0 Å². The molecule has 1 aromatic rings. The molecule has 0 saturated heterocycles. The van der Waals surface area contributed by atoms with E-state index < -0.39 is 0 Å². The molecule has 0 radical (unpaired) electrons. The van der Waals surface area contributed by atoms with Crippen LogP contribution in [0.5, 0.6) is 0 Å². The number of amides is 1. The SMILES string of the molecule is Cc1cccc(NC(=O)Br)c1C. The first-order valence-corrected chi connectivity index (χ1v) is 4.43. The van der Waals surface area contributed by atoms with Crippen molar-refractivity contribution >= 4 is 26.4 Å². The number of anilines is 1. The Balaban J connectivity index is 3.00. The summed E-state index contributed by atoms with van der Waals surface area (Å²) >= 11 is 2.82. The van der Waals surface area contributed by atoms with Gasteiger partial charge in [0.2, 0.25) is 0 Å². The van der Waals surface area contributed by atoms with Gasteiger partial charge < -0.3 is 5.32 Å². The van der Waals surface area contributed by atoms with Gasteiger partial charge in [0.1, 0.15) is 0 Å². The Morgan fingerprint density at radius 1 is 1.42 bits per heavy atom. The Bertz CT molecular complexity index is 309. The van der Waals surface area contributed by atoms with Gasteiger partial charge in [-0.25, -0.2) is 0 Å².